The molecule has 4 heterocycles. The Morgan fingerprint density at radius 2 is 2.10 bits per heavy atom. The van der Waals surface area contributed by atoms with Crippen molar-refractivity contribution in [2.75, 3.05) is 20.4 Å². The predicted octanol–water partition coefficient (Wildman–Crippen LogP) is 2.78. The monoisotopic (exact) mass is 411 g/mol. The van der Waals surface area contributed by atoms with Crippen molar-refractivity contribution in [3.8, 4) is 22.8 Å². The Bertz CT molecular complexity index is 1110. The molecule has 1 amide bonds. The van der Waals surface area contributed by atoms with Gasteiger partial charge < -0.3 is 19.1 Å². The maximum absolute atomic E-state index is 13.2. The number of hydrogen-bond acceptors (Lipinski definition) is 7. The molecular weight excluding hydrogens is 394 g/mol. The quantitative estimate of drug-likeness (QED) is 0.666. The number of fused-ring (bicyclic) bond motifs is 2. The molecule has 2 aromatic heterocycles. The van der Waals surface area contributed by atoms with Crippen LogP contribution in [-0.4, -0.2) is 47.4 Å². The van der Waals surface area contributed by atoms with Crippen LogP contribution in [0.15, 0.2) is 35.7 Å². The van der Waals surface area contributed by atoms with Gasteiger partial charge in [0.25, 0.3) is 5.91 Å². The molecule has 2 aliphatic rings. The molecule has 1 unspecified atom stereocenters. The fourth-order valence-corrected chi connectivity index (χ4v) is 4.59. The first kappa shape index (κ1) is 17.7. The average Bonchev–Trinajstić information content (AvgIpc) is 3.51. The normalized spacial score (nSPS) is 17.1. The van der Waals surface area contributed by atoms with Crippen LogP contribution >= 0.6 is 11.3 Å². The van der Waals surface area contributed by atoms with E-state index in [4.69, 9.17) is 14.2 Å². The summed E-state index contributed by atoms with van der Waals surface area (Å²) in [5.41, 5.74) is 2.55. The standard InChI is InChI=1S/C20H17N3O5S/c1-26-20(25)18-12-5-7-29-17(12)4-6-23(18)19(24)14-9-13(21-22-14)11-2-3-15-16(8-11)28-10-27-15/h2-3,5,7-9,18H,4,6,10H2,1H3,(H,21,22). The minimum Gasteiger partial charge on any atom is -0.467 e. The third-order valence-corrected chi connectivity index (χ3v) is 6.12. The molecule has 0 saturated heterocycles. The molecule has 0 spiro atoms. The van der Waals surface area contributed by atoms with Crippen molar-refractivity contribution in [1.82, 2.24) is 15.1 Å². The van der Waals surface area contributed by atoms with Gasteiger partial charge in [0.05, 0.1) is 12.8 Å². The highest BCUT2D eigenvalue weighted by Crippen LogP contribution is 2.37. The van der Waals surface area contributed by atoms with Crippen LogP contribution in [0.4, 0.5) is 0 Å². The zero-order chi connectivity index (χ0) is 20.0. The Morgan fingerprint density at radius 3 is 2.97 bits per heavy atom. The summed E-state index contributed by atoms with van der Waals surface area (Å²) >= 11 is 1.59. The van der Waals surface area contributed by atoms with E-state index in [0.29, 0.717) is 35.9 Å². The summed E-state index contributed by atoms with van der Waals surface area (Å²) in [7, 11) is 1.33. The van der Waals surface area contributed by atoms with Gasteiger partial charge in [-0.05, 0) is 47.7 Å². The molecule has 8 nitrogen and oxygen atoms in total. The van der Waals surface area contributed by atoms with E-state index in [1.54, 1.807) is 17.4 Å². The molecule has 0 bridgehead atoms. The van der Waals surface area contributed by atoms with Gasteiger partial charge in [-0.25, -0.2) is 4.79 Å². The van der Waals surface area contributed by atoms with Crippen LogP contribution in [-0.2, 0) is 16.0 Å². The number of nitrogens with zero attached hydrogens (tertiary/aromatic N) is 2. The zero-order valence-electron chi connectivity index (χ0n) is 15.5. The van der Waals surface area contributed by atoms with Crippen LogP contribution in [0.25, 0.3) is 11.3 Å². The maximum Gasteiger partial charge on any atom is 0.333 e. The zero-order valence-corrected chi connectivity index (χ0v) is 16.3. The Hall–Kier alpha value is -3.33. The number of rotatable bonds is 3. The van der Waals surface area contributed by atoms with Crippen LogP contribution in [0.3, 0.4) is 0 Å². The molecule has 9 heteroatoms. The fourth-order valence-electron chi connectivity index (χ4n) is 3.69. The molecule has 1 N–H and O–H groups in total. The van der Waals surface area contributed by atoms with Gasteiger partial charge in [-0.3, -0.25) is 9.89 Å². The molecule has 0 fully saturated rings. The minimum absolute atomic E-state index is 0.192. The summed E-state index contributed by atoms with van der Waals surface area (Å²) < 4.78 is 15.7. The second kappa shape index (κ2) is 6.93. The number of aromatic nitrogens is 2. The van der Waals surface area contributed by atoms with Gasteiger partial charge in [0, 0.05) is 17.0 Å². The Kier molecular flexibility index (Phi) is 4.24. The van der Waals surface area contributed by atoms with Gasteiger partial charge in [-0.2, -0.15) is 5.10 Å². The summed E-state index contributed by atoms with van der Waals surface area (Å²) in [5, 5.41) is 9.00. The first-order valence-corrected chi connectivity index (χ1v) is 9.94. The highest BCUT2D eigenvalue weighted by Gasteiger charge is 2.38. The number of carbonyl (C=O) groups is 2. The highest BCUT2D eigenvalue weighted by atomic mass is 32.1. The van der Waals surface area contributed by atoms with Crippen molar-refractivity contribution in [2.24, 2.45) is 0 Å². The first-order valence-electron chi connectivity index (χ1n) is 9.06. The van der Waals surface area contributed by atoms with E-state index in [-0.39, 0.29) is 12.7 Å². The van der Waals surface area contributed by atoms with Crippen molar-refractivity contribution in [2.45, 2.75) is 12.5 Å². The number of hydrogen-bond donors (Lipinski definition) is 1. The second-order valence-corrected chi connectivity index (χ2v) is 7.71. The third kappa shape index (κ3) is 2.94. The van der Waals surface area contributed by atoms with Crippen molar-refractivity contribution in [3.05, 3.63) is 51.8 Å². The van der Waals surface area contributed by atoms with Crippen molar-refractivity contribution in [3.63, 3.8) is 0 Å². The lowest BCUT2D eigenvalue weighted by Gasteiger charge is -2.33. The van der Waals surface area contributed by atoms with Crippen LogP contribution in [0.2, 0.25) is 0 Å². The topological polar surface area (TPSA) is 93.8 Å². The van der Waals surface area contributed by atoms with E-state index in [1.165, 1.54) is 12.0 Å². The smallest absolute Gasteiger partial charge is 0.333 e. The number of H-pyrrole nitrogens is 1. The molecule has 2 aliphatic heterocycles. The molecule has 5 rings (SSSR count). The molecule has 148 valence electrons. The van der Waals surface area contributed by atoms with Gasteiger partial charge in [0.15, 0.2) is 17.5 Å². The number of thiophene rings is 1. The Labute approximate surface area is 170 Å². The molecule has 0 aliphatic carbocycles. The lowest BCUT2D eigenvalue weighted by molar-refractivity contribution is -0.146. The van der Waals surface area contributed by atoms with Crippen LogP contribution in [0, 0.1) is 0 Å². The maximum atomic E-state index is 13.2. The van der Waals surface area contributed by atoms with Gasteiger partial charge in [0.2, 0.25) is 6.79 Å². The van der Waals surface area contributed by atoms with E-state index in [1.807, 2.05) is 29.6 Å². The molecular formula is C20H17N3O5S. The van der Waals surface area contributed by atoms with E-state index in [2.05, 4.69) is 10.2 Å². The van der Waals surface area contributed by atoms with E-state index in [0.717, 1.165) is 16.0 Å². The number of carbonyl (C=O) groups excluding carboxylic acids is 2. The van der Waals surface area contributed by atoms with Crippen LogP contribution in [0.1, 0.15) is 27.0 Å². The fraction of sp³-hybridized carbons (Fsp3) is 0.250. The summed E-state index contributed by atoms with van der Waals surface area (Å²) in [6, 6.07) is 8.29. The van der Waals surface area contributed by atoms with Crippen LogP contribution < -0.4 is 9.47 Å². The molecule has 29 heavy (non-hydrogen) atoms. The number of aromatic amines is 1. The average molecular weight is 411 g/mol. The number of ether oxygens (including phenoxy) is 3. The van der Waals surface area contributed by atoms with Crippen molar-refractivity contribution >= 4 is 23.2 Å². The number of nitrogens with one attached hydrogen (secondary N) is 1. The van der Waals surface area contributed by atoms with Gasteiger partial charge in [-0.1, -0.05) is 0 Å². The predicted molar refractivity (Wildman–Crippen MR) is 104 cm³/mol. The van der Waals surface area contributed by atoms with E-state index in [9.17, 15) is 9.59 Å². The van der Waals surface area contributed by atoms with E-state index < -0.39 is 12.0 Å². The van der Waals surface area contributed by atoms with Gasteiger partial charge in [-0.15, -0.1) is 11.3 Å². The SMILES string of the molecule is COC(=O)C1c2ccsc2CCN1C(=O)c1cc(-c2ccc3c(c2)OCO3)n[nH]1. The number of esters is 1. The third-order valence-electron chi connectivity index (χ3n) is 5.13. The molecule has 3 aromatic rings. The number of benzene rings is 1. The second-order valence-electron chi connectivity index (χ2n) is 6.71. The van der Waals surface area contributed by atoms with E-state index >= 15 is 0 Å². The largest absolute Gasteiger partial charge is 0.467 e. The molecule has 1 atom stereocenters. The summed E-state index contributed by atoms with van der Waals surface area (Å²) in [5.74, 6) is 0.580. The highest BCUT2D eigenvalue weighted by molar-refractivity contribution is 7.10. The number of amides is 1. The summed E-state index contributed by atoms with van der Waals surface area (Å²) in [6.07, 6.45) is 0.704. The van der Waals surface area contributed by atoms with Crippen molar-refractivity contribution in [1.29, 1.82) is 0 Å². The van der Waals surface area contributed by atoms with Gasteiger partial charge >= 0.3 is 5.97 Å². The van der Waals surface area contributed by atoms with Crippen molar-refractivity contribution < 1.29 is 23.8 Å². The molecule has 1 aromatic carbocycles. The molecule has 0 saturated carbocycles. The summed E-state index contributed by atoms with van der Waals surface area (Å²) in [6.45, 7) is 0.627. The summed E-state index contributed by atoms with van der Waals surface area (Å²) in [4.78, 5) is 28.3. The minimum atomic E-state index is -0.750. The van der Waals surface area contributed by atoms with Gasteiger partial charge in [0.1, 0.15) is 5.69 Å². The molecule has 0 radical (unpaired) electrons. The lowest BCUT2D eigenvalue weighted by atomic mass is 9.99. The Morgan fingerprint density at radius 1 is 1.24 bits per heavy atom. The number of methoxy groups -OCH3 is 1. The Balaban J connectivity index is 1.44. The van der Waals surface area contributed by atoms with Crippen LogP contribution in [0.5, 0.6) is 11.5 Å². The first-order chi connectivity index (χ1) is 14.2. The lowest BCUT2D eigenvalue weighted by Crippen LogP contribution is -2.43.